The van der Waals surface area contributed by atoms with Crippen LogP contribution in [-0.2, 0) is 6.54 Å². The van der Waals surface area contributed by atoms with Gasteiger partial charge in [-0.1, -0.05) is 12.2 Å². The summed E-state index contributed by atoms with van der Waals surface area (Å²) in [6.07, 6.45) is 4.55. The average molecular weight is 240 g/mol. The van der Waals surface area contributed by atoms with Crippen LogP contribution in [0.2, 0.25) is 0 Å². The van der Waals surface area contributed by atoms with Crippen LogP contribution in [0.5, 0.6) is 0 Å². The van der Waals surface area contributed by atoms with Crippen molar-refractivity contribution in [2.45, 2.75) is 39.8 Å². The van der Waals surface area contributed by atoms with Crippen LogP contribution in [0, 0.1) is 0 Å². The molecule has 0 saturated heterocycles. The fourth-order valence-corrected chi connectivity index (χ4v) is 1.72. The third kappa shape index (κ3) is 3.20. The van der Waals surface area contributed by atoms with Crippen LogP contribution in [0.4, 0.5) is 5.95 Å². The molecule has 0 aromatic carbocycles. The van der Waals surface area contributed by atoms with Crippen molar-refractivity contribution in [1.29, 1.82) is 0 Å². The number of hydrogen-bond acceptors (Lipinski definition) is 3. The number of hydrogen-bond donors (Lipinski definition) is 1. The molecule has 1 aromatic heterocycles. The number of nitrogens with two attached hydrogens (primary N) is 1. The van der Waals surface area contributed by atoms with E-state index in [0.29, 0.717) is 11.0 Å². The van der Waals surface area contributed by atoms with Crippen molar-refractivity contribution in [3.8, 4) is 0 Å². The van der Waals surface area contributed by atoms with Crippen molar-refractivity contribution < 1.29 is 0 Å². The van der Waals surface area contributed by atoms with Crippen molar-refractivity contribution in [2.75, 3.05) is 11.4 Å². The molecule has 1 aromatic rings. The van der Waals surface area contributed by atoms with Crippen LogP contribution in [0.15, 0.2) is 12.4 Å². The molecule has 0 radical (unpaired) electrons. The lowest BCUT2D eigenvalue weighted by Gasteiger charge is -2.28. The van der Waals surface area contributed by atoms with Gasteiger partial charge in [0.25, 0.3) is 0 Å². The van der Waals surface area contributed by atoms with E-state index in [1.807, 2.05) is 12.4 Å². The molecule has 0 aliphatic carbocycles. The van der Waals surface area contributed by atoms with Crippen molar-refractivity contribution in [3.05, 3.63) is 12.4 Å². The van der Waals surface area contributed by atoms with Gasteiger partial charge in [0, 0.05) is 37.9 Å². The predicted octanol–water partition coefficient (Wildman–Crippen LogP) is 1.79. The maximum absolute atomic E-state index is 5.54. The first-order chi connectivity index (χ1) is 7.56. The molecule has 0 amide bonds. The highest BCUT2D eigenvalue weighted by molar-refractivity contribution is 7.80. The van der Waals surface area contributed by atoms with E-state index in [2.05, 4.69) is 35.2 Å². The fourth-order valence-electron chi connectivity index (χ4n) is 1.63. The lowest BCUT2D eigenvalue weighted by atomic mass is 10.3. The minimum atomic E-state index is 0.391. The molecule has 1 heterocycles. The number of imidazole rings is 1. The Labute approximate surface area is 102 Å². The van der Waals surface area contributed by atoms with Gasteiger partial charge in [-0.15, -0.1) is 0 Å². The number of anilines is 1. The van der Waals surface area contributed by atoms with Gasteiger partial charge in [-0.25, -0.2) is 4.98 Å². The van der Waals surface area contributed by atoms with Crippen molar-refractivity contribution in [1.82, 2.24) is 9.55 Å². The van der Waals surface area contributed by atoms with Crippen molar-refractivity contribution in [3.63, 3.8) is 0 Å². The Morgan fingerprint density at radius 3 is 2.81 bits per heavy atom. The van der Waals surface area contributed by atoms with E-state index in [1.54, 1.807) is 0 Å². The highest BCUT2D eigenvalue weighted by Gasteiger charge is 2.15. The molecular formula is C11H20N4S. The highest BCUT2D eigenvalue weighted by Crippen LogP contribution is 2.15. The van der Waals surface area contributed by atoms with Gasteiger partial charge >= 0.3 is 0 Å². The number of thiocarbonyl (C=S) groups is 1. The SMILES string of the molecule is CCn1ccnc1N(CCC(N)=S)C(C)C. The molecule has 1 rings (SSSR count). The van der Waals surface area contributed by atoms with Crippen molar-refractivity contribution >= 4 is 23.2 Å². The number of rotatable bonds is 6. The summed E-state index contributed by atoms with van der Waals surface area (Å²) in [6.45, 7) is 8.15. The van der Waals surface area contributed by atoms with Crippen LogP contribution in [0.3, 0.4) is 0 Å². The summed E-state index contributed by atoms with van der Waals surface area (Å²) < 4.78 is 2.12. The zero-order chi connectivity index (χ0) is 12.1. The van der Waals surface area contributed by atoms with Gasteiger partial charge in [-0.3, -0.25) is 0 Å². The molecule has 16 heavy (non-hydrogen) atoms. The number of nitrogens with zero attached hydrogens (tertiary/aromatic N) is 3. The zero-order valence-corrected chi connectivity index (χ0v) is 11.0. The van der Waals surface area contributed by atoms with Gasteiger partial charge in [-0.05, 0) is 20.8 Å². The minimum Gasteiger partial charge on any atom is -0.393 e. The maximum Gasteiger partial charge on any atom is 0.205 e. The molecule has 0 fully saturated rings. The standard InChI is InChI=1S/C11H20N4S/c1-4-14-8-6-13-11(14)15(9(2)3)7-5-10(12)16/h6,8-9H,4-5,7H2,1-3H3,(H2,12,16). The molecule has 0 aliphatic heterocycles. The molecule has 0 aliphatic rings. The minimum absolute atomic E-state index is 0.391. The normalized spacial score (nSPS) is 10.8. The summed E-state index contributed by atoms with van der Waals surface area (Å²) in [6, 6.07) is 0.391. The third-order valence-electron chi connectivity index (χ3n) is 2.51. The quantitative estimate of drug-likeness (QED) is 0.770. The summed E-state index contributed by atoms with van der Waals surface area (Å²) in [5, 5.41) is 0. The second-order valence-electron chi connectivity index (χ2n) is 4.02. The summed E-state index contributed by atoms with van der Waals surface area (Å²) in [7, 11) is 0. The zero-order valence-electron chi connectivity index (χ0n) is 10.2. The molecule has 0 saturated carbocycles. The molecule has 5 heteroatoms. The van der Waals surface area contributed by atoms with Gasteiger partial charge in [-0.2, -0.15) is 0 Å². The summed E-state index contributed by atoms with van der Waals surface area (Å²) in [4.78, 5) is 7.17. The molecule has 90 valence electrons. The van der Waals surface area contributed by atoms with E-state index < -0.39 is 0 Å². The topological polar surface area (TPSA) is 47.1 Å². The Bertz CT molecular complexity index is 346. The fraction of sp³-hybridized carbons (Fsp3) is 0.636. The van der Waals surface area contributed by atoms with E-state index in [4.69, 9.17) is 18.0 Å². The Morgan fingerprint density at radius 1 is 1.62 bits per heavy atom. The highest BCUT2D eigenvalue weighted by atomic mass is 32.1. The smallest absolute Gasteiger partial charge is 0.205 e. The van der Waals surface area contributed by atoms with Crippen LogP contribution in [0.1, 0.15) is 27.2 Å². The van der Waals surface area contributed by atoms with Gasteiger partial charge in [0.2, 0.25) is 5.95 Å². The molecule has 0 spiro atoms. The first kappa shape index (κ1) is 13.0. The van der Waals surface area contributed by atoms with Crippen LogP contribution in [-0.4, -0.2) is 27.1 Å². The largest absolute Gasteiger partial charge is 0.393 e. The van der Waals surface area contributed by atoms with Gasteiger partial charge in [0.15, 0.2) is 0 Å². The Morgan fingerprint density at radius 2 is 2.31 bits per heavy atom. The molecule has 0 unspecified atom stereocenters. The molecule has 0 bridgehead atoms. The summed E-state index contributed by atoms with van der Waals surface area (Å²) >= 11 is 4.91. The molecule has 2 N–H and O–H groups in total. The first-order valence-electron chi connectivity index (χ1n) is 5.62. The van der Waals surface area contributed by atoms with Crippen LogP contribution >= 0.6 is 12.2 Å². The van der Waals surface area contributed by atoms with Gasteiger partial charge < -0.3 is 15.2 Å². The third-order valence-corrected chi connectivity index (χ3v) is 2.72. The Balaban J connectivity index is 2.81. The number of aromatic nitrogens is 2. The second kappa shape index (κ2) is 5.84. The van der Waals surface area contributed by atoms with E-state index in [-0.39, 0.29) is 0 Å². The average Bonchev–Trinajstić information content (AvgIpc) is 2.65. The Hall–Kier alpha value is -1.10. The molecule has 0 atom stereocenters. The van der Waals surface area contributed by atoms with Crippen molar-refractivity contribution in [2.24, 2.45) is 5.73 Å². The summed E-state index contributed by atoms with van der Waals surface area (Å²) in [5.74, 6) is 0.994. The van der Waals surface area contributed by atoms with Gasteiger partial charge in [0.1, 0.15) is 0 Å². The summed E-state index contributed by atoms with van der Waals surface area (Å²) in [5.41, 5.74) is 5.54. The van der Waals surface area contributed by atoms with E-state index >= 15 is 0 Å². The van der Waals surface area contributed by atoms with Crippen LogP contribution in [0.25, 0.3) is 0 Å². The lowest BCUT2D eigenvalue weighted by Crippen LogP contribution is -2.35. The first-order valence-corrected chi connectivity index (χ1v) is 6.03. The maximum atomic E-state index is 5.54. The van der Waals surface area contributed by atoms with E-state index in [0.717, 1.165) is 25.5 Å². The van der Waals surface area contributed by atoms with E-state index in [9.17, 15) is 0 Å². The number of aryl methyl sites for hydroxylation is 1. The molecular weight excluding hydrogens is 220 g/mol. The second-order valence-corrected chi connectivity index (χ2v) is 4.54. The molecule has 4 nitrogen and oxygen atoms in total. The van der Waals surface area contributed by atoms with Gasteiger partial charge in [0.05, 0.1) is 4.99 Å². The van der Waals surface area contributed by atoms with Crippen LogP contribution < -0.4 is 10.6 Å². The van der Waals surface area contributed by atoms with E-state index in [1.165, 1.54) is 0 Å². The predicted molar refractivity (Wildman–Crippen MR) is 71.8 cm³/mol. The lowest BCUT2D eigenvalue weighted by molar-refractivity contribution is 0.634. The Kier molecular flexibility index (Phi) is 4.73. The monoisotopic (exact) mass is 240 g/mol.